The van der Waals surface area contributed by atoms with Gasteiger partial charge in [0.2, 0.25) is 5.92 Å². The van der Waals surface area contributed by atoms with Crippen LogP contribution in [-0.4, -0.2) is 31.7 Å². The van der Waals surface area contributed by atoms with Crippen molar-refractivity contribution in [3.05, 3.63) is 47.0 Å². The molecule has 0 saturated heterocycles. The van der Waals surface area contributed by atoms with Crippen molar-refractivity contribution < 1.29 is 23.8 Å². The first-order valence-corrected chi connectivity index (χ1v) is 9.18. The van der Waals surface area contributed by atoms with Gasteiger partial charge in [0, 0.05) is 42.9 Å². The number of phenolic OH excluding ortho intramolecular Hbond substituents is 1. The molecule has 146 valence electrons. The Morgan fingerprint density at radius 1 is 1.37 bits per heavy atom. The van der Waals surface area contributed by atoms with Gasteiger partial charge in [-0.15, -0.1) is 0 Å². The molecule has 1 fully saturated rings. The number of aromatic nitrogens is 2. The minimum Gasteiger partial charge on any atom is -0.507 e. The van der Waals surface area contributed by atoms with Crippen LogP contribution in [-0.2, 0) is 24.2 Å². The predicted molar refractivity (Wildman–Crippen MR) is 96.3 cm³/mol. The van der Waals surface area contributed by atoms with Crippen molar-refractivity contribution in [1.82, 2.24) is 9.55 Å². The molecule has 1 aromatic heterocycles. The molecule has 1 aliphatic rings. The lowest BCUT2D eigenvalue weighted by molar-refractivity contribution is -0.136. The molecular formula is C20H24F2N2O3. The van der Waals surface area contributed by atoms with Crippen molar-refractivity contribution in [2.24, 2.45) is 0 Å². The number of phenols is 1. The Hall–Kier alpha value is -2.44. The number of nitrogens with zero attached hydrogens (tertiary/aromatic N) is 2. The van der Waals surface area contributed by atoms with Gasteiger partial charge in [-0.3, -0.25) is 4.79 Å². The van der Waals surface area contributed by atoms with Gasteiger partial charge in [0.1, 0.15) is 11.6 Å². The summed E-state index contributed by atoms with van der Waals surface area (Å²) in [7, 11) is 0. The molecule has 2 N–H and O–H groups in total. The monoisotopic (exact) mass is 378 g/mol. The van der Waals surface area contributed by atoms with Crippen molar-refractivity contribution in [3.63, 3.8) is 0 Å². The largest absolute Gasteiger partial charge is 0.507 e. The Balaban J connectivity index is 1.94. The molecule has 3 rings (SSSR count). The number of aryl methyl sites for hydroxylation is 3. The number of rotatable bonds is 6. The highest BCUT2D eigenvalue weighted by Gasteiger charge is 2.38. The average molecular weight is 378 g/mol. The Morgan fingerprint density at radius 2 is 2.11 bits per heavy atom. The first kappa shape index (κ1) is 19.3. The third-order valence-electron chi connectivity index (χ3n) is 5.33. The Labute approximate surface area is 156 Å². The summed E-state index contributed by atoms with van der Waals surface area (Å²) in [5.74, 6) is -3.57. The fourth-order valence-corrected chi connectivity index (χ4v) is 3.97. The van der Waals surface area contributed by atoms with E-state index in [1.807, 2.05) is 17.7 Å². The predicted octanol–water partition coefficient (Wildman–Crippen LogP) is 4.06. The van der Waals surface area contributed by atoms with Gasteiger partial charge in [-0.1, -0.05) is 12.1 Å². The normalized spacial score (nSPS) is 19.1. The van der Waals surface area contributed by atoms with E-state index in [-0.39, 0.29) is 30.6 Å². The van der Waals surface area contributed by atoms with Gasteiger partial charge in [0.25, 0.3) is 0 Å². The van der Waals surface area contributed by atoms with Gasteiger partial charge in [-0.25, -0.2) is 13.8 Å². The van der Waals surface area contributed by atoms with Crippen LogP contribution in [0.4, 0.5) is 8.78 Å². The number of imidazole rings is 1. The zero-order valence-corrected chi connectivity index (χ0v) is 15.3. The highest BCUT2D eigenvalue weighted by Crippen LogP contribution is 2.46. The number of carbonyl (C=O) groups is 1. The Bertz CT molecular complexity index is 833. The van der Waals surface area contributed by atoms with Crippen molar-refractivity contribution in [3.8, 4) is 5.75 Å². The first-order valence-electron chi connectivity index (χ1n) is 9.18. The topological polar surface area (TPSA) is 75.4 Å². The van der Waals surface area contributed by atoms with Crippen LogP contribution >= 0.6 is 0 Å². The second kappa shape index (κ2) is 7.66. The van der Waals surface area contributed by atoms with Gasteiger partial charge < -0.3 is 14.8 Å². The maximum Gasteiger partial charge on any atom is 0.307 e. The molecule has 1 heterocycles. The summed E-state index contributed by atoms with van der Waals surface area (Å²) in [6, 6.07) is 3.36. The van der Waals surface area contributed by atoms with Crippen LogP contribution in [0.25, 0.3) is 0 Å². The standard InChI is InChI=1S/C20H24F2N2O3/c1-13-23-8-10-24(13)9-6-14-4-5-15(11-17(25)26)19(27)18(14)16-3-2-7-20(21,22)12-16/h4-5,8,10,16,27H,2-3,6-7,9,11-12H2,1H3,(H,25,26)/t16-/m0/s1. The van der Waals surface area contributed by atoms with Crippen molar-refractivity contribution in [2.75, 3.05) is 0 Å². The van der Waals surface area contributed by atoms with E-state index in [1.54, 1.807) is 18.3 Å². The number of hydrogen-bond donors (Lipinski definition) is 2. The lowest BCUT2D eigenvalue weighted by Gasteiger charge is -2.31. The van der Waals surface area contributed by atoms with Gasteiger partial charge in [-0.2, -0.15) is 0 Å². The molecule has 0 aliphatic heterocycles. The van der Waals surface area contributed by atoms with Gasteiger partial charge in [0.15, 0.2) is 0 Å². The smallest absolute Gasteiger partial charge is 0.307 e. The molecule has 1 atom stereocenters. The fraction of sp³-hybridized carbons (Fsp3) is 0.500. The van der Waals surface area contributed by atoms with Crippen LogP contribution in [0, 0.1) is 6.92 Å². The number of alkyl halides is 2. The first-order chi connectivity index (χ1) is 12.8. The van der Waals surface area contributed by atoms with E-state index < -0.39 is 17.8 Å². The maximum absolute atomic E-state index is 14.0. The highest BCUT2D eigenvalue weighted by molar-refractivity contribution is 5.72. The molecule has 0 spiro atoms. The third kappa shape index (κ3) is 4.46. The number of halogens is 2. The molecule has 2 aromatic rings. The SMILES string of the molecule is Cc1nccn1CCc1ccc(CC(=O)O)c(O)c1[C@H]1CCCC(F)(F)C1. The van der Waals surface area contributed by atoms with Crippen molar-refractivity contribution >= 4 is 5.97 Å². The summed E-state index contributed by atoms with van der Waals surface area (Å²) < 4.78 is 29.9. The van der Waals surface area contributed by atoms with Gasteiger partial charge >= 0.3 is 5.97 Å². The van der Waals surface area contributed by atoms with Gasteiger partial charge in [-0.05, 0) is 37.7 Å². The summed E-state index contributed by atoms with van der Waals surface area (Å²) in [4.78, 5) is 15.2. The van der Waals surface area contributed by atoms with Crippen LogP contribution in [0.2, 0.25) is 0 Å². The third-order valence-corrected chi connectivity index (χ3v) is 5.33. The maximum atomic E-state index is 14.0. The molecule has 0 unspecified atom stereocenters. The Morgan fingerprint density at radius 3 is 2.74 bits per heavy atom. The zero-order valence-electron chi connectivity index (χ0n) is 15.3. The van der Waals surface area contributed by atoms with Crippen LogP contribution in [0.1, 0.15) is 54.1 Å². The van der Waals surface area contributed by atoms with Crippen LogP contribution in [0.3, 0.4) is 0 Å². The summed E-state index contributed by atoms with van der Waals surface area (Å²) in [5, 5.41) is 19.8. The molecular weight excluding hydrogens is 354 g/mol. The molecule has 1 aromatic carbocycles. The van der Waals surface area contributed by atoms with E-state index in [4.69, 9.17) is 5.11 Å². The van der Waals surface area contributed by atoms with E-state index in [0.717, 1.165) is 11.4 Å². The number of carboxylic acids is 1. The molecule has 0 amide bonds. The highest BCUT2D eigenvalue weighted by atomic mass is 19.3. The summed E-state index contributed by atoms with van der Waals surface area (Å²) >= 11 is 0. The van der Waals surface area contributed by atoms with Gasteiger partial charge in [0.05, 0.1) is 6.42 Å². The molecule has 7 heteroatoms. The van der Waals surface area contributed by atoms with Crippen molar-refractivity contribution in [1.29, 1.82) is 0 Å². The lowest BCUT2D eigenvalue weighted by atomic mass is 9.78. The van der Waals surface area contributed by atoms with Crippen molar-refractivity contribution in [2.45, 2.75) is 63.8 Å². The van der Waals surface area contributed by atoms with Crippen LogP contribution < -0.4 is 0 Å². The van der Waals surface area contributed by atoms with E-state index in [0.29, 0.717) is 31.4 Å². The Kier molecular flexibility index (Phi) is 5.48. The summed E-state index contributed by atoms with van der Waals surface area (Å²) in [6.45, 7) is 2.50. The quantitative estimate of drug-likeness (QED) is 0.795. The molecule has 0 radical (unpaired) electrons. The number of aromatic hydroxyl groups is 1. The molecule has 27 heavy (non-hydrogen) atoms. The molecule has 1 saturated carbocycles. The van der Waals surface area contributed by atoms with Crippen LogP contribution in [0.5, 0.6) is 5.75 Å². The number of carboxylic acid groups (broad SMARTS) is 1. The summed E-state index contributed by atoms with van der Waals surface area (Å²) in [6.07, 6.45) is 4.28. The number of benzene rings is 1. The second-order valence-corrected chi connectivity index (χ2v) is 7.28. The molecule has 1 aliphatic carbocycles. The minimum atomic E-state index is -2.75. The second-order valence-electron chi connectivity index (χ2n) is 7.28. The van der Waals surface area contributed by atoms with Crippen LogP contribution in [0.15, 0.2) is 24.5 Å². The minimum absolute atomic E-state index is 0.136. The number of hydrogen-bond acceptors (Lipinski definition) is 3. The fourth-order valence-electron chi connectivity index (χ4n) is 3.97. The van der Waals surface area contributed by atoms with E-state index in [9.17, 15) is 18.7 Å². The zero-order chi connectivity index (χ0) is 19.6. The van der Waals surface area contributed by atoms with E-state index in [1.165, 1.54) is 0 Å². The summed E-state index contributed by atoms with van der Waals surface area (Å²) in [5.41, 5.74) is 1.55. The lowest BCUT2D eigenvalue weighted by Crippen LogP contribution is -2.26. The number of aliphatic carboxylic acids is 1. The average Bonchev–Trinajstić information content (AvgIpc) is 2.99. The van der Waals surface area contributed by atoms with E-state index >= 15 is 0 Å². The molecule has 0 bridgehead atoms. The van der Waals surface area contributed by atoms with E-state index in [2.05, 4.69) is 4.98 Å². The molecule has 5 nitrogen and oxygen atoms in total.